The molecule has 0 aromatic heterocycles. The van der Waals surface area contributed by atoms with Crippen molar-refractivity contribution in [1.82, 2.24) is 0 Å². The second-order valence-electron chi connectivity index (χ2n) is 3.38. The molecule has 3 nitrogen and oxygen atoms in total. The van der Waals surface area contributed by atoms with Gasteiger partial charge in [-0.1, -0.05) is 6.08 Å². The van der Waals surface area contributed by atoms with Crippen molar-refractivity contribution in [3.05, 3.63) is 12.7 Å². The summed E-state index contributed by atoms with van der Waals surface area (Å²) in [6, 6.07) is 0. The Morgan fingerprint density at radius 1 is 1.62 bits per heavy atom. The van der Waals surface area contributed by atoms with E-state index in [9.17, 15) is 4.79 Å². The van der Waals surface area contributed by atoms with Crippen molar-refractivity contribution >= 4 is 5.78 Å². The predicted molar refractivity (Wildman–Crippen MR) is 49.3 cm³/mol. The molecule has 0 radical (unpaired) electrons. The number of rotatable bonds is 3. The highest BCUT2D eigenvalue weighted by molar-refractivity contribution is 5.75. The maximum Gasteiger partial charge on any atom is 0.155 e. The molecule has 0 unspecified atom stereocenters. The maximum absolute atomic E-state index is 10.9. The van der Waals surface area contributed by atoms with Crippen molar-refractivity contribution < 1.29 is 14.3 Å². The van der Waals surface area contributed by atoms with Gasteiger partial charge in [-0.2, -0.15) is 0 Å². The molecule has 0 spiro atoms. The van der Waals surface area contributed by atoms with Gasteiger partial charge in [0.15, 0.2) is 6.29 Å². The molecule has 1 rings (SSSR count). The molecule has 1 aliphatic heterocycles. The number of Topliss-reactive ketones (excluding diaryl/α,β-unsaturated/α-hetero) is 1. The molecule has 0 N–H and O–H groups in total. The number of hydrogen-bond acceptors (Lipinski definition) is 3. The van der Waals surface area contributed by atoms with E-state index in [4.69, 9.17) is 9.47 Å². The van der Waals surface area contributed by atoms with Crippen LogP contribution in [-0.4, -0.2) is 24.3 Å². The first-order valence-corrected chi connectivity index (χ1v) is 4.54. The first-order chi connectivity index (χ1) is 6.11. The van der Waals surface area contributed by atoms with Crippen LogP contribution >= 0.6 is 0 Å². The Bertz CT molecular complexity index is 200. The molecule has 0 aromatic carbocycles. The van der Waals surface area contributed by atoms with Crippen LogP contribution in [0.3, 0.4) is 0 Å². The number of hydrogen-bond donors (Lipinski definition) is 0. The predicted octanol–water partition coefficient (Wildman–Crippen LogP) is 1.67. The lowest BCUT2D eigenvalue weighted by Crippen LogP contribution is -2.36. The normalized spacial score (nSPS) is 34.2. The number of carbonyl (C=O) groups excluding carboxylic acids is 1. The largest absolute Gasteiger partial charge is 0.349 e. The van der Waals surface area contributed by atoms with E-state index in [1.165, 1.54) is 0 Å². The van der Waals surface area contributed by atoms with Gasteiger partial charge in [0, 0.05) is 12.8 Å². The van der Waals surface area contributed by atoms with E-state index in [0.717, 1.165) is 6.42 Å². The van der Waals surface area contributed by atoms with Crippen LogP contribution in [0, 0.1) is 0 Å². The Balaban J connectivity index is 2.46. The third-order valence-corrected chi connectivity index (χ3v) is 2.02. The molecule has 1 saturated heterocycles. The van der Waals surface area contributed by atoms with Crippen LogP contribution in [0.15, 0.2) is 12.7 Å². The standard InChI is InChI=1S/C10H16O3/c1-4-9-6-10(5-7(2)11)13-8(3)12-9/h4,8-10H,1,5-6H2,2-3H3/t8-,9-,10+/m1/s1. The third-order valence-electron chi connectivity index (χ3n) is 2.02. The van der Waals surface area contributed by atoms with Crippen molar-refractivity contribution in [3.8, 4) is 0 Å². The van der Waals surface area contributed by atoms with Gasteiger partial charge in [-0.05, 0) is 13.8 Å². The Morgan fingerprint density at radius 3 is 2.85 bits per heavy atom. The number of ketones is 1. The summed E-state index contributed by atoms with van der Waals surface area (Å²) in [6.45, 7) is 7.08. The van der Waals surface area contributed by atoms with Gasteiger partial charge in [0.05, 0.1) is 12.2 Å². The zero-order valence-corrected chi connectivity index (χ0v) is 8.16. The zero-order chi connectivity index (χ0) is 9.84. The summed E-state index contributed by atoms with van der Waals surface area (Å²) in [5, 5.41) is 0. The van der Waals surface area contributed by atoms with Crippen LogP contribution in [0.1, 0.15) is 26.7 Å². The van der Waals surface area contributed by atoms with Crippen LogP contribution in [0.25, 0.3) is 0 Å². The molecular weight excluding hydrogens is 168 g/mol. The topological polar surface area (TPSA) is 35.5 Å². The average Bonchev–Trinajstić information content (AvgIpc) is 2.01. The Morgan fingerprint density at radius 2 is 2.31 bits per heavy atom. The monoisotopic (exact) mass is 184 g/mol. The molecule has 74 valence electrons. The van der Waals surface area contributed by atoms with E-state index in [1.807, 2.05) is 6.92 Å². The van der Waals surface area contributed by atoms with Crippen molar-refractivity contribution in [1.29, 1.82) is 0 Å². The zero-order valence-electron chi connectivity index (χ0n) is 8.16. The molecule has 1 fully saturated rings. The lowest BCUT2D eigenvalue weighted by molar-refractivity contribution is -0.222. The van der Waals surface area contributed by atoms with Gasteiger partial charge in [0.2, 0.25) is 0 Å². The van der Waals surface area contributed by atoms with E-state index < -0.39 is 0 Å². The van der Waals surface area contributed by atoms with Crippen LogP contribution in [0.4, 0.5) is 0 Å². The minimum atomic E-state index is -0.235. The summed E-state index contributed by atoms with van der Waals surface area (Å²) in [7, 11) is 0. The molecule has 0 bridgehead atoms. The van der Waals surface area contributed by atoms with Crippen molar-refractivity contribution in [2.75, 3.05) is 0 Å². The number of ether oxygens (including phenoxy) is 2. The summed E-state index contributed by atoms with van der Waals surface area (Å²) in [4.78, 5) is 10.9. The van der Waals surface area contributed by atoms with Gasteiger partial charge >= 0.3 is 0 Å². The SMILES string of the molecule is C=C[C@@H]1C[C@H](CC(C)=O)O[C@H](C)O1. The third kappa shape index (κ3) is 3.28. The quantitative estimate of drug-likeness (QED) is 0.626. The van der Waals surface area contributed by atoms with E-state index in [1.54, 1.807) is 13.0 Å². The fraction of sp³-hybridized carbons (Fsp3) is 0.700. The Kier molecular flexibility index (Phi) is 3.63. The summed E-state index contributed by atoms with van der Waals surface area (Å²) in [5.41, 5.74) is 0. The van der Waals surface area contributed by atoms with Gasteiger partial charge < -0.3 is 9.47 Å². The molecule has 3 heteroatoms. The molecule has 3 atom stereocenters. The lowest BCUT2D eigenvalue weighted by atomic mass is 10.1. The van der Waals surface area contributed by atoms with Gasteiger partial charge in [0.1, 0.15) is 5.78 Å². The van der Waals surface area contributed by atoms with E-state index >= 15 is 0 Å². The highest BCUT2D eigenvalue weighted by Gasteiger charge is 2.26. The minimum absolute atomic E-state index is 0.00995. The van der Waals surface area contributed by atoms with E-state index in [-0.39, 0.29) is 24.3 Å². The van der Waals surface area contributed by atoms with Gasteiger partial charge in [-0.25, -0.2) is 0 Å². The smallest absolute Gasteiger partial charge is 0.155 e. The first-order valence-electron chi connectivity index (χ1n) is 4.54. The molecule has 1 aliphatic rings. The molecule has 1 heterocycles. The van der Waals surface area contributed by atoms with Crippen molar-refractivity contribution in [2.24, 2.45) is 0 Å². The van der Waals surface area contributed by atoms with Crippen LogP contribution in [-0.2, 0) is 14.3 Å². The molecule has 0 aliphatic carbocycles. The lowest BCUT2D eigenvalue weighted by Gasteiger charge is -2.32. The molecular formula is C10H16O3. The minimum Gasteiger partial charge on any atom is -0.349 e. The van der Waals surface area contributed by atoms with Crippen molar-refractivity contribution in [3.63, 3.8) is 0 Å². The van der Waals surface area contributed by atoms with Gasteiger partial charge in [-0.15, -0.1) is 6.58 Å². The Hall–Kier alpha value is -0.670. The molecule has 0 aromatic rings. The highest BCUT2D eigenvalue weighted by Crippen LogP contribution is 2.21. The Labute approximate surface area is 78.7 Å². The highest BCUT2D eigenvalue weighted by atomic mass is 16.7. The molecule has 0 amide bonds. The van der Waals surface area contributed by atoms with E-state index in [0.29, 0.717) is 6.42 Å². The summed E-state index contributed by atoms with van der Waals surface area (Å²) in [5.74, 6) is 0.155. The van der Waals surface area contributed by atoms with E-state index in [2.05, 4.69) is 6.58 Å². The number of carbonyl (C=O) groups is 1. The first kappa shape index (κ1) is 10.4. The fourth-order valence-electron chi connectivity index (χ4n) is 1.52. The van der Waals surface area contributed by atoms with Gasteiger partial charge in [0.25, 0.3) is 0 Å². The maximum atomic E-state index is 10.9. The summed E-state index contributed by atoms with van der Waals surface area (Å²) >= 11 is 0. The van der Waals surface area contributed by atoms with Crippen molar-refractivity contribution in [2.45, 2.75) is 45.2 Å². The van der Waals surface area contributed by atoms with Crippen LogP contribution in [0.2, 0.25) is 0 Å². The molecule has 0 saturated carbocycles. The summed E-state index contributed by atoms with van der Waals surface area (Å²) < 4.78 is 10.8. The fourth-order valence-corrected chi connectivity index (χ4v) is 1.52. The average molecular weight is 184 g/mol. The van der Waals surface area contributed by atoms with Crippen LogP contribution in [0.5, 0.6) is 0 Å². The van der Waals surface area contributed by atoms with Crippen LogP contribution < -0.4 is 0 Å². The van der Waals surface area contributed by atoms with Gasteiger partial charge in [-0.3, -0.25) is 4.79 Å². The second-order valence-corrected chi connectivity index (χ2v) is 3.38. The molecule has 13 heavy (non-hydrogen) atoms. The second kappa shape index (κ2) is 4.53. The summed E-state index contributed by atoms with van der Waals surface area (Å²) in [6.07, 6.45) is 2.73.